The van der Waals surface area contributed by atoms with Crippen molar-refractivity contribution in [2.45, 2.75) is 63.8 Å². The molecule has 7 heteroatoms. The lowest BCUT2D eigenvalue weighted by atomic mass is 9.74. The van der Waals surface area contributed by atoms with Crippen molar-refractivity contribution in [1.29, 1.82) is 0 Å². The second kappa shape index (κ2) is 13.6. The molecule has 43 heavy (non-hydrogen) atoms. The Hall–Kier alpha value is -3.22. The van der Waals surface area contributed by atoms with Crippen molar-refractivity contribution < 1.29 is 14.0 Å². The molecule has 0 spiro atoms. The lowest BCUT2D eigenvalue weighted by molar-refractivity contribution is -0.119. The van der Waals surface area contributed by atoms with E-state index >= 15 is 0 Å². The lowest BCUT2D eigenvalue weighted by Crippen LogP contribution is -2.40. The molecule has 3 aromatic rings. The Kier molecular flexibility index (Phi) is 9.44. The van der Waals surface area contributed by atoms with Crippen LogP contribution in [-0.4, -0.2) is 42.9 Å². The van der Waals surface area contributed by atoms with Crippen LogP contribution in [0.1, 0.15) is 77.9 Å². The predicted molar refractivity (Wildman–Crippen MR) is 170 cm³/mol. The number of carbonyl (C=O) groups is 2. The fourth-order valence-electron chi connectivity index (χ4n) is 7.36. The Morgan fingerprint density at radius 2 is 1.74 bits per heavy atom. The average molecular weight is 602 g/mol. The number of carbonyl (C=O) groups excluding carboxylic acids is 2. The first-order chi connectivity index (χ1) is 20.9. The highest BCUT2D eigenvalue weighted by molar-refractivity contribution is 6.31. The van der Waals surface area contributed by atoms with Gasteiger partial charge in [0.05, 0.1) is 6.54 Å². The minimum Gasteiger partial charge on any atom is -0.351 e. The van der Waals surface area contributed by atoms with Crippen LogP contribution in [0.3, 0.4) is 0 Å². The quantitative estimate of drug-likeness (QED) is 0.293. The number of fused-ring (bicyclic) bond motifs is 3. The molecule has 2 fully saturated rings. The number of anilines is 1. The van der Waals surface area contributed by atoms with E-state index in [0.717, 1.165) is 63.0 Å². The zero-order valence-corrected chi connectivity index (χ0v) is 25.5. The summed E-state index contributed by atoms with van der Waals surface area (Å²) in [6, 6.07) is 20.8. The lowest BCUT2D eigenvalue weighted by Gasteiger charge is -2.32. The van der Waals surface area contributed by atoms with Gasteiger partial charge in [0.2, 0.25) is 5.91 Å². The van der Waals surface area contributed by atoms with E-state index in [9.17, 15) is 14.0 Å². The van der Waals surface area contributed by atoms with Crippen molar-refractivity contribution in [1.82, 2.24) is 10.2 Å². The standard InChI is InChI=1S/C36H41ClFN3O2/c37-33-13-11-30(38)21-29(33)24-41-34-22-28(10-12-32(34)31-9-5-4-8-27(31)23-35(41)42)36(43)39-16-19-40-17-14-26(15-18-40)20-25-6-2-1-3-7-25/h1-3,6-7,10-13,21-22,26-27,31H,4-5,8-9,14-20,23-24H2,(H,39,43)/t27-,31-/m0/s1. The Morgan fingerprint density at radius 1 is 0.953 bits per heavy atom. The van der Waals surface area contributed by atoms with E-state index in [0.29, 0.717) is 35.0 Å². The summed E-state index contributed by atoms with van der Waals surface area (Å²) in [6.45, 7) is 3.67. The molecule has 1 aliphatic carbocycles. The number of hydrogen-bond acceptors (Lipinski definition) is 3. The van der Waals surface area contributed by atoms with E-state index in [1.165, 1.54) is 36.6 Å². The van der Waals surface area contributed by atoms with Gasteiger partial charge in [0.25, 0.3) is 5.91 Å². The Balaban J connectivity index is 1.12. The Morgan fingerprint density at radius 3 is 2.56 bits per heavy atom. The third-order valence-corrected chi connectivity index (χ3v) is 10.1. The fraction of sp³-hybridized carbons (Fsp3) is 0.444. The summed E-state index contributed by atoms with van der Waals surface area (Å²) in [4.78, 5) is 31.2. The van der Waals surface area contributed by atoms with E-state index in [4.69, 9.17) is 11.6 Å². The van der Waals surface area contributed by atoms with Gasteiger partial charge in [0, 0.05) is 35.8 Å². The van der Waals surface area contributed by atoms with Gasteiger partial charge in [-0.05, 0) is 110 Å². The van der Waals surface area contributed by atoms with Crippen molar-refractivity contribution in [3.63, 3.8) is 0 Å². The largest absolute Gasteiger partial charge is 0.351 e. The molecule has 1 saturated heterocycles. The summed E-state index contributed by atoms with van der Waals surface area (Å²) < 4.78 is 14.1. The zero-order valence-electron chi connectivity index (χ0n) is 24.7. The van der Waals surface area contributed by atoms with Crippen molar-refractivity contribution in [3.05, 3.63) is 99.8 Å². The normalized spacial score (nSPS) is 21.2. The number of likely N-dealkylation sites (tertiary alicyclic amines) is 1. The van der Waals surface area contributed by atoms with Crippen LogP contribution < -0.4 is 10.2 Å². The number of amides is 2. The van der Waals surface area contributed by atoms with E-state index < -0.39 is 0 Å². The van der Waals surface area contributed by atoms with Crippen LogP contribution in [0, 0.1) is 17.7 Å². The molecule has 1 saturated carbocycles. The summed E-state index contributed by atoms with van der Waals surface area (Å²) in [5.41, 5.74) is 4.38. The first-order valence-electron chi connectivity index (χ1n) is 15.9. The van der Waals surface area contributed by atoms with Crippen molar-refractivity contribution in [2.75, 3.05) is 31.1 Å². The molecule has 2 heterocycles. The summed E-state index contributed by atoms with van der Waals surface area (Å²) in [6.07, 6.45) is 8.26. The maximum absolute atomic E-state index is 14.1. The molecule has 2 aliphatic heterocycles. The molecule has 5 nitrogen and oxygen atoms in total. The van der Waals surface area contributed by atoms with Crippen LogP contribution in [0.5, 0.6) is 0 Å². The second-order valence-corrected chi connectivity index (χ2v) is 13.0. The topological polar surface area (TPSA) is 52.7 Å². The van der Waals surface area contributed by atoms with Crippen LogP contribution in [0.4, 0.5) is 10.1 Å². The smallest absolute Gasteiger partial charge is 0.251 e. The van der Waals surface area contributed by atoms with Gasteiger partial charge in [-0.2, -0.15) is 0 Å². The maximum atomic E-state index is 14.1. The first-order valence-corrected chi connectivity index (χ1v) is 16.2. The molecular formula is C36H41ClFN3O2. The van der Waals surface area contributed by atoms with Crippen LogP contribution in [0.2, 0.25) is 5.02 Å². The molecule has 2 amide bonds. The number of halogens is 2. The number of benzene rings is 3. The predicted octanol–water partition coefficient (Wildman–Crippen LogP) is 7.37. The number of nitrogens with zero attached hydrogens (tertiary/aromatic N) is 2. The molecule has 1 N–H and O–H groups in total. The van der Waals surface area contributed by atoms with E-state index in [1.807, 2.05) is 18.2 Å². The number of rotatable bonds is 8. The van der Waals surface area contributed by atoms with Gasteiger partial charge in [-0.15, -0.1) is 0 Å². The summed E-state index contributed by atoms with van der Waals surface area (Å²) >= 11 is 6.43. The molecule has 2 atom stereocenters. The van der Waals surface area contributed by atoms with E-state index in [1.54, 1.807) is 4.90 Å². The zero-order chi connectivity index (χ0) is 29.8. The number of hydrogen-bond donors (Lipinski definition) is 1. The third-order valence-electron chi connectivity index (χ3n) is 9.75. The second-order valence-electron chi connectivity index (χ2n) is 12.6. The SMILES string of the molecule is O=C(NCCN1CCC(Cc2ccccc2)CC1)c1ccc2c(c1)N(Cc1cc(F)ccc1Cl)C(=O)C[C@@H]1CCCC[C@H]21. The van der Waals surface area contributed by atoms with Crippen LogP contribution in [0.15, 0.2) is 66.7 Å². The average Bonchev–Trinajstić information content (AvgIpc) is 3.14. The Bertz CT molecular complexity index is 1440. The molecule has 3 aromatic carbocycles. The monoisotopic (exact) mass is 601 g/mol. The Labute approximate surface area is 259 Å². The van der Waals surface area contributed by atoms with Crippen molar-refractivity contribution in [2.24, 2.45) is 11.8 Å². The minimum absolute atomic E-state index is 0.00389. The summed E-state index contributed by atoms with van der Waals surface area (Å²) in [5, 5.41) is 3.54. The summed E-state index contributed by atoms with van der Waals surface area (Å²) in [5.74, 6) is 0.757. The molecule has 0 bridgehead atoms. The highest BCUT2D eigenvalue weighted by Crippen LogP contribution is 2.46. The molecule has 6 rings (SSSR count). The minimum atomic E-state index is -0.385. The fourth-order valence-corrected chi connectivity index (χ4v) is 7.54. The highest BCUT2D eigenvalue weighted by Gasteiger charge is 2.37. The van der Waals surface area contributed by atoms with Gasteiger partial charge in [0.1, 0.15) is 5.82 Å². The van der Waals surface area contributed by atoms with Gasteiger partial charge >= 0.3 is 0 Å². The molecular weight excluding hydrogens is 561 g/mol. The molecule has 226 valence electrons. The molecule has 0 aromatic heterocycles. The van der Waals surface area contributed by atoms with Gasteiger partial charge in [0.15, 0.2) is 0 Å². The van der Waals surface area contributed by atoms with Crippen molar-refractivity contribution >= 4 is 29.1 Å². The number of nitrogens with one attached hydrogen (secondary N) is 1. The first kappa shape index (κ1) is 29.8. The third kappa shape index (κ3) is 7.13. The maximum Gasteiger partial charge on any atom is 0.251 e. The van der Waals surface area contributed by atoms with Crippen LogP contribution in [0.25, 0.3) is 0 Å². The number of piperidine rings is 1. The molecule has 0 unspecified atom stereocenters. The molecule has 3 aliphatic rings. The van der Waals surface area contributed by atoms with Gasteiger partial charge in [-0.25, -0.2) is 4.39 Å². The highest BCUT2D eigenvalue weighted by atomic mass is 35.5. The van der Waals surface area contributed by atoms with Gasteiger partial charge in [-0.1, -0.05) is 60.8 Å². The van der Waals surface area contributed by atoms with E-state index in [-0.39, 0.29) is 36.0 Å². The van der Waals surface area contributed by atoms with Gasteiger partial charge in [-0.3, -0.25) is 9.59 Å². The van der Waals surface area contributed by atoms with E-state index in [2.05, 4.69) is 40.5 Å². The molecule has 0 radical (unpaired) electrons. The van der Waals surface area contributed by atoms with Gasteiger partial charge < -0.3 is 15.1 Å². The van der Waals surface area contributed by atoms with Crippen molar-refractivity contribution in [3.8, 4) is 0 Å². The van der Waals surface area contributed by atoms with Crippen LogP contribution in [-0.2, 0) is 17.8 Å². The summed E-state index contributed by atoms with van der Waals surface area (Å²) in [7, 11) is 0. The van der Waals surface area contributed by atoms with Crippen LogP contribution >= 0.6 is 11.6 Å².